The van der Waals surface area contributed by atoms with E-state index in [-0.39, 0.29) is 18.0 Å². The summed E-state index contributed by atoms with van der Waals surface area (Å²) in [5.74, 6) is -1.71. The normalized spacial score (nSPS) is 18.2. The van der Waals surface area contributed by atoms with Gasteiger partial charge in [0.15, 0.2) is 0 Å². The van der Waals surface area contributed by atoms with Gasteiger partial charge in [-0.1, -0.05) is 48.0 Å². The van der Waals surface area contributed by atoms with Crippen LogP contribution in [0.2, 0.25) is 0 Å². The number of carboxylic acids is 1. The van der Waals surface area contributed by atoms with Crippen LogP contribution in [-0.2, 0) is 26.2 Å². The molecule has 1 unspecified atom stereocenters. The zero-order valence-corrected chi connectivity index (χ0v) is 16.3. The quantitative estimate of drug-likeness (QED) is 0.796. The number of sulfonamides is 1. The molecule has 0 bridgehead atoms. The monoisotopic (exact) mass is 402 g/mol. The average Bonchev–Trinajstić information content (AvgIpc) is 2.66. The van der Waals surface area contributed by atoms with Gasteiger partial charge in [0, 0.05) is 19.6 Å². The summed E-state index contributed by atoms with van der Waals surface area (Å²) in [6.07, 6.45) is -0.574. The van der Waals surface area contributed by atoms with Gasteiger partial charge in [-0.25, -0.2) is 8.42 Å². The van der Waals surface area contributed by atoms with Crippen LogP contribution in [0.1, 0.15) is 17.5 Å². The van der Waals surface area contributed by atoms with Crippen molar-refractivity contribution in [2.45, 2.75) is 30.8 Å². The zero-order chi connectivity index (χ0) is 20.3. The number of aliphatic carboxylic acids is 1. The molecule has 2 aromatic carbocycles. The van der Waals surface area contributed by atoms with Crippen LogP contribution in [0.4, 0.5) is 0 Å². The van der Waals surface area contributed by atoms with Gasteiger partial charge in [-0.05, 0) is 24.6 Å². The number of carbonyl (C=O) groups excluding carboxylic acids is 1. The maximum Gasteiger partial charge on any atom is 0.305 e. The summed E-state index contributed by atoms with van der Waals surface area (Å²) in [6.45, 7) is 2.41. The Bertz CT molecular complexity index is 958. The van der Waals surface area contributed by atoms with Gasteiger partial charge >= 0.3 is 5.97 Å². The number of hydrogen-bond acceptors (Lipinski definition) is 4. The smallest absolute Gasteiger partial charge is 0.305 e. The highest BCUT2D eigenvalue weighted by atomic mass is 32.2. The van der Waals surface area contributed by atoms with E-state index in [0.29, 0.717) is 6.54 Å². The SMILES string of the molecule is Cc1ccc(S(=O)(=O)N2CCN(Cc3ccccc3)C(=O)C2CC(=O)O)cc1. The van der Waals surface area contributed by atoms with Crippen molar-refractivity contribution in [3.8, 4) is 0 Å². The van der Waals surface area contributed by atoms with Gasteiger partial charge in [0.1, 0.15) is 6.04 Å². The average molecular weight is 402 g/mol. The molecule has 3 rings (SSSR count). The number of benzene rings is 2. The molecular weight excluding hydrogens is 380 g/mol. The van der Waals surface area contributed by atoms with Crippen molar-refractivity contribution in [3.05, 3.63) is 65.7 Å². The number of hydrogen-bond donors (Lipinski definition) is 1. The van der Waals surface area contributed by atoms with E-state index in [0.717, 1.165) is 15.4 Å². The maximum absolute atomic E-state index is 13.1. The third-order valence-electron chi connectivity index (χ3n) is 4.75. The third kappa shape index (κ3) is 4.23. The number of rotatable bonds is 6. The topological polar surface area (TPSA) is 95.0 Å². The molecule has 1 saturated heterocycles. The minimum absolute atomic E-state index is 0.0483. The highest BCUT2D eigenvalue weighted by molar-refractivity contribution is 7.89. The molecule has 0 saturated carbocycles. The molecule has 0 radical (unpaired) electrons. The molecule has 1 atom stereocenters. The van der Waals surface area contributed by atoms with E-state index in [4.69, 9.17) is 0 Å². The summed E-state index contributed by atoms with van der Waals surface area (Å²) in [6, 6.07) is 14.3. The summed E-state index contributed by atoms with van der Waals surface area (Å²) in [4.78, 5) is 25.9. The van der Waals surface area contributed by atoms with Crippen molar-refractivity contribution in [3.63, 3.8) is 0 Å². The van der Waals surface area contributed by atoms with Crippen molar-refractivity contribution in [1.82, 2.24) is 9.21 Å². The molecule has 1 aliphatic rings. The second-order valence-electron chi connectivity index (χ2n) is 6.79. The molecule has 0 aliphatic carbocycles. The zero-order valence-electron chi connectivity index (χ0n) is 15.5. The predicted molar refractivity (Wildman–Crippen MR) is 103 cm³/mol. The first-order valence-corrected chi connectivity index (χ1v) is 10.4. The Morgan fingerprint density at radius 3 is 2.32 bits per heavy atom. The van der Waals surface area contributed by atoms with Crippen LogP contribution in [0.5, 0.6) is 0 Å². The molecule has 2 aromatic rings. The molecule has 0 aromatic heterocycles. The lowest BCUT2D eigenvalue weighted by molar-refractivity contribution is -0.147. The van der Waals surface area contributed by atoms with E-state index >= 15 is 0 Å². The van der Waals surface area contributed by atoms with Gasteiger partial charge in [-0.3, -0.25) is 9.59 Å². The Morgan fingerprint density at radius 1 is 1.07 bits per heavy atom. The van der Waals surface area contributed by atoms with Gasteiger partial charge in [-0.2, -0.15) is 4.31 Å². The predicted octanol–water partition coefficient (Wildman–Crippen LogP) is 1.87. The molecule has 7 nitrogen and oxygen atoms in total. The molecule has 1 amide bonds. The number of carbonyl (C=O) groups is 2. The van der Waals surface area contributed by atoms with Crippen LogP contribution in [-0.4, -0.2) is 53.7 Å². The Labute approximate surface area is 164 Å². The highest BCUT2D eigenvalue weighted by Gasteiger charge is 2.42. The minimum atomic E-state index is -3.98. The molecule has 1 heterocycles. The lowest BCUT2D eigenvalue weighted by Crippen LogP contribution is -2.58. The van der Waals surface area contributed by atoms with E-state index in [2.05, 4.69) is 0 Å². The second kappa shape index (κ2) is 8.12. The molecule has 1 aliphatic heterocycles. The number of piperazine rings is 1. The Balaban J connectivity index is 1.88. The fourth-order valence-corrected chi connectivity index (χ4v) is 4.84. The van der Waals surface area contributed by atoms with Gasteiger partial charge < -0.3 is 10.0 Å². The van der Waals surface area contributed by atoms with Gasteiger partial charge in [-0.15, -0.1) is 0 Å². The Morgan fingerprint density at radius 2 is 1.71 bits per heavy atom. The Kier molecular flexibility index (Phi) is 5.81. The van der Waals surface area contributed by atoms with Gasteiger partial charge in [0.25, 0.3) is 0 Å². The van der Waals surface area contributed by atoms with Gasteiger partial charge in [0.05, 0.1) is 11.3 Å². The van der Waals surface area contributed by atoms with E-state index in [1.54, 1.807) is 12.1 Å². The van der Waals surface area contributed by atoms with Crippen LogP contribution in [0, 0.1) is 6.92 Å². The lowest BCUT2D eigenvalue weighted by Gasteiger charge is -2.39. The molecule has 1 fully saturated rings. The van der Waals surface area contributed by atoms with E-state index in [1.165, 1.54) is 17.0 Å². The summed E-state index contributed by atoms with van der Waals surface area (Å²) < 4.78 is 27.1. The first-order valence-electron chi connectivity index (χ1n) is 8.92. The lowest BCUT2D eigenvalue weighted by atomic mass is 10.1. The van der Waals surface area contributed by atoms with Gasteiger partial charge in [0.2, 0.25) is 15.9 Å². The molecule has 148 valence electrons. The van der Waals surface area contributed by atoms with E-state index in [9.17, 15) is 23.1 Å². The maximum atomic E-state index is 13.1. The van der Waals surface area contributed by atoms with Crippen LogP contribution in [0.25, 0.3) is 0 Å². The van der Waals surface area contributed by atoms with E-state index < -0.39 is 34.4 Å². The Hall–Kier alpha value is -2.71. The van der Waals surface area contributed by atoms with Crippen LogP contribution in [0.15, 0.2) is 59.5 Å². The van der Waals surface area contributed by atoms with Crippen molar-refractivity contribution in [2.24, 2.45) is 0 Å². The largest absolute Gasteiger partial charge is 0.481 e. The fraction of sp³-hybridized carbons (Fsp3) is 0.300. The fourth-order valence-electron chi connectivity index (χ4n) is 3.27. The summed E-state index contributed by atoms with van der Waals surface area (Å²) in [5, 5.41) is 9.26. The third-order valence-corrected chi connectivity index (χ3v) is 6.67. The molecule has 8 heteroatoms. The number of aryl methyl sites for hydroxylation is 1. The van der Waals surface area contributed by atoms with Crippen molar-refractivity contribution in [2.75, 3.05) is 13.1 Å². The summed E-state index contributed by atoms with van der Waals surface area (Å²) >= 11 is 0. The molecule has 1 N–H and O–H groups in total. The number of carboxylic acid groups (broad SMARTS) is 1. The summed E-state index contributed by atoms with van der Waals surface area (Å²) in [7, 11) is -3.98. The second-order valence-corrected chi connectivity index (χ2v) is 8.68. The van der Waals surface area contributed by atoms with Crippen LogP contribution < -0.4 is 0 Å². The van der Waals surface area contributed by atoms with Crippen LogP contribution >= 0.6 is 0 Å². The first-order chi connectivity index (χ1) is 13.3. The standard InChI is InChI=1S/C20H22N2O5S/c1-15-7-9-17(10-8-15)28(26,27)22-12-11-21(14-16-5-3-2-4-6-16)20(25)18(22)13-19(23)24/h2-10,18H,11-14H2,1H3,(H,23,24). The van der Waals surface area contributed by atoms with Crippen molar-refractivity contribution < 1.29 is 23.1 Å². The molecular formula is C20H22N2O5S. The van der Waals surface area contributed by atoms with E-state index in [1.807, 2.05) is 37.3 Å². The number of nitrogens with zero attached hydrogens (tertiary/aromatic N) is 2. The first kappa shape index (κ1) is 20.0. The number of amides is 1. The minimum Gasteiger partial charge on any atom is -0.481 e. The highest BCUT2D eigenvalue weighted by Crippen LogP contribution is 2.25. The van der Waals surface area contributed by atoms with Crippen molar-refractivity contribution >= 4 is 21.9 Å². The van der Waals surface area contributed by atoms with Crippen LogP contribution in [0.3, 0.4) is 0 Å². The molecule has 28 heavy (non-hydrogen) atoms. The molecule has 0 spiro atoms. The van der Waals surface area contributed by atoms with Crippen molar-refractivity contribution in [1.29, 1.82) is 0 Å². The summed E-state index contributed by atoms with van der Waals surface area (Å²) in [5.41, 5.74) is 1.81.